The van der Waals surface area contributed by atoms with Gasteiger partial charge < -0.3 is 9.47 Å². The third-order valence-corrected chi connectivity index (χ3v) is 4.24. The van der Waals surface area contributed by atoms with E-state index < -0.39 is 29.4 Å². The highest BCUT2D eigenvalue weighted by molar-refractivity contribution is 5.89. The second kappa shape index (κ2) is 9.47. The van der Waals surface area contributed by atoms with Gasteiger partial charge in [-0.15, -0.1) is 0 Å². The smallest absolute Gasteiger partial charge is 0.430 e. The maximum atomic E-state index is 12.8. The summed E-state index contributed by atoms with van der Waals surface area (Å²) in [6, 6.07) is 9.01. The van der Waals surface area contributed by atoms with Crippen LogP contribution < -0.4 is 5.43 Å². The first kappa shape index (κ1) is 23.7. The standard InChI is InChI=1S/C22H33N3O5/c1-21(2,3)29-19(27)23-25(20(28)30-22(4,5)6)17-15-24(13-12-18(17)26)14-16-10-8-7-9-11-16/h7-11,17H,12-15H2,1-6H3,(H,23,27). The first-order valence-corrected chi connectivity index (χ1v) is 10.1. The molecule has 0 radical (unpaired) electrons. The van der Waals surface area contributed by atoms with E-state index in [0.717, 1.165) is 10.6 Å². The average molecular weight is 420 g/mol. The molecule has 1 aromatic carbocycles. The zero-order chi connectivity index (χ0) is 22.5. The van der Waals surface area contributed by atoms with Gasteiger partial charge in [0.1, 0.15) is 17.2 Å². The van der Waals surface area contributed by atoms with E-state index in [1.165, 1.54) is 0 Å². The van der Waals surface area contributed by atoms with E-state index in [4.69, 9.17) is 9.47 Å². The lowest BCUT2D eigenvalue weighted by Gasteiger charge is -2.38. The van der Waals surface area contributed by atoms with Crippen LogP contribution in [0.5, 0.6) is 0 Å². The number of likely N-dealkylation sites (tertiary alicyclic amines) is 1. The van der Waals surface area contributed by atoms with Crippen molar-refractivity contribution in [3.63, 3.8) is 0 Å². The SMILES string of the molecule is CC(C)(C)OC(=O)NN(C(=O)OC(C)(C)C)C1CN(Cc2ccccc2)CCC1=O. The minimum absolute atomic E-state index is 0.138. The van der Waals surface area contributed by atoms with Crippen LogP contribution in [0.3, 0.4) is 0 Å². The van der Waals surface area contributed by atoms with Crippen molar-refractivity contribution >= 4 is 18.0 Å². The molecule has 1 aromatic rings. The second-order valence-electron chi connectivity index (χ2n) is 9.42. The van der Waals surface area contributed by atoms with Crippen molar-refractivity contribution in [2.75, 3.05) is 13.1 Å². The maximum Gasteiger partial charge on any atom is 0.430 e. The highest BCUT2D eigenvalue weighted by atomic mass is 16.6. The Hall–Kier alpha value is -2.61. The summed E-state index contributed by atoms with van der Waals surface area (Å²) in [4.78, 5) is 40.0. The molecule has 1 heterocycles. The van der Waals surface area contributed by atoms with Crippen LogP contribution in [0.2, 0.25) is 0 Å². The molecule has 2 amide bonds. The van der Waals surface area contributed by atoms with Crippen LogP contribution in [0.4, 0.5) is 9.59 Å². The number of nitrogens with zero attached hydrogens (tertiary/aromatic N) is 2. The van der Waals surface area contributed by atoms with Crippen molar-refractivity contribution in [2.24, 2.45) is 0 Å². The van der Waals surface area contributed by atoms with Crippen LogP contribution in [0, 0.1) is 0 Å². The zero-order valence-electron chi connectivity index (χ0n) is 18.7. The van der Waals surface area contributed by atoms with E-state index in [-0.39, 0.29) is 18.7 Å². The molecule has 2 rings (SSSR count). The Morgan fingerprint density at radius 3 is 2.23 bits per heavy atom. The molecule has 0 spiro atoms. The Morgan fingerprint density at radius 1 is 1.07 bits per heavy atom. The summed E-state index contributed by atoms with van der Waals surface area (Å²) >= 11 is 0. The number of amides is 2. The third kappa shape index (κ3) is 7.67. The molecule has 1 unspecified atom stereocenters. The summed E-state index contributed by atoms with van der Waals surface area (Å²) in [5.74, 6) is -0.138. The van der Waals surface area contributed by atoms with Gasteiger partial charge in [-0.3, -0.25) is 9.69 Å². The number of Topliss-reactive ketones (excluding diaryl/α,β-unsaturated/α-hetero) is 1. The minimum atomic E-state index is -0.871. The molecule has 166 valence electrons. The van der Waals surface area contributed by atoms with Crippen molar-refractivity contribution in [1.29, 1.82) is 0 Å². The number of hydrogen-bond acceptors (Lipinski definition) is 6. The molecule has 8 nitrogen and oxygen atoms in total. The Morgan fingerprint density at radius 2 is 1.67 bits per heavy atom. The lowest BCUT2D eigenvalue weighted by atomic mass is 10.0. The third-order valence-electron chi connectivity index (χ3n) is 4.24. The highest BCUT2D eigenvalue weighted by Gasteiger charge is 2.38. The Labute approximate surface area is 178 Å². The van der Waals surface area contributed by atoms with Crippen molar-refractivity contribution in [3.8, 4) is 0 Å². The summed E-state index contributed by atoms with van der Waals surface area (Å²) in [5.41, 5.74) is 2.00. The monoisotopic (exact) mass is 419 g/mol. The van der Waals surface area contributed by atoms with Crippen LogP contribution in [0.25, 0.3) is 0 Å². The van der Waals surface area contributed by atoms with Crippen LogP contribution in [-0.4, -0.2) is 58.2 Å². The van der Waals surface area contributed by atoms with Gasteiger partial charge in [0.25, 0.3) is 0 Å². The summed E-state index contributed by atoms with van der Waals surface area (Å²) in [6.07, 6.45) is -1.35. The molecule has 0 bridgehead atoms. The fourth-order valence-corrected chi connectivity index (χ4v) is 3.04. The van der Waals surface area contributed by atoms with Crippen LogP contribution in [-0.2, 0) is 20.8 Å². The van der Waals surface area contributed by atoms with E-state index in [2.05, 4.69) is 10.3 Å². The van der Waals surface area contributed by atoms with Crippen LogP contribution in [0.1, 0.15) is 53.5 Å². The van der Waals surface area contributed by atoms with Gasteiger partial charge in [-0.25, -0.2) is 20.0 Å². The molecule has 1 aliphatic heterocycles. The topological polar surface area (TPSA) is 88.2 Å². The molecular weight excluding hydrogens is 386 g/mol. The minimum Gasteiger partial charge on any atom is -0.443 e. The molecule has 1 saturated heterocycles. The van der Waals surface area contributed by atoms with Crippen molar-refractivity contribution in [2.45, 2.75) is 71.8 Å². The maximum absolute atomic E-state index is 12.8. The Balaban J connectivity index is 2.19. The predicted octanol–water partition coefficient (Wildman–Crippen LogP) is 3.51. The Bertz CT molecular complexity index is 752. The number of rotatable bonds is 3. The van der Waals surface area contributed by atoms with E-state index in [1.54, 1.807) is 41.5 Å². The molecular formula is C22H33N3O5. The van der Waals surface area contributed by atoms with Gasteiger partial charge in [0.2, 0.25) is 0 Å². The zero-order valence-corrected chi connectivity index (χ0v) is 18.7. The fourth-order valence-electron chi connectivity index (χ4n) is 3.04. The van der Waals surface area contributed by atoms with E-state index in [9.17, 15) is 14.4 Å². The quantitative estimate of drug-likeness (QED) is 0.755. The molecule has 0 aliphatic carbocycles. The van der Waals surface area contributed by atoms with Gasteiger partial charge in [0, 0.05) is 26.1 Å². The van der Waals surface area contributed by atoms with Gasteiger partial charge in [0.05, 0.1) is 0 Å². The number of benzene rings is 1. The number of ether oxygens (including phenoxy) is 2. The van der Waals surface area contributed by atoms with E-state index in [0.29, 0.717) is 13.1 Å². The van der Waals surface area contributed by atoms with E-state index in [1.807, 2.05) is 30.3 Å². The number of ketones is 1. The Kier molecular flexibility index (Phi) is 7.47. The predicted molar refractivity (Wildman–Crippen MR) is 113 cm³/mol. The fraction of sp³-hybridized carbons (Fsp3) is 0.591. The normalized spacial score (nSPS) is 17.9. The number of piperidine rings is 1. The van der Waals surface area contributed by atoms with Crippen LogP contribution >= 0.6 is 0 Å². The number of hydrazine groups is 1. The van der Waals surface area contributed by atoms with E-state index >= 15 is 0 Å². The lowest BCUT2D eigenvalue weighted by Crippen LogP contribution is -2.61. The molecule has 8 heteroatoms. The molecule has 30 heavy (non-hydrogen) atoms. The molecule has 0 aromatic heterocycles. The summed E-state index contributed by atoms with van der Waals surface area (Å²) < 4.78 is 10.7. The highest BCUT2D eigenvalue weighted by Crippen LogP contribution is 2.18. The van der Waals surface area contributed by atoms with Crippen LogP contribution in [0.15, 0.2) is 30.3 Å². The number of carbonyl (C=O) groups excluding carboxylic acids is 3. The molecule has 1 fully saturated rings. The van der Waals surface area contributed by atoms with Gasteiger partial charge in [-0.1, -0.05) is 30.3 Å². The summed E-state index contributed by atoms with van der Waals surface area (Å²) in [5, 5.41) is 0.971. The van der Waals surface area contributed by atoms with Gasteiger partial charge in [-0.05, 0) is 47.1 Å². The largest absolute Gasteiger partial charge is 0.443 e. The summed E-state index contributed by atoms with van der Waals surface area (Å²) in [7, 11) is 0. The number of hydrogen-bond donors (Lipinski definition) is 1. The molecule has 1 N–H and O–H groups in total. The first-order chi connectivity index (χ1) is 13.8. The van der Waals surface area contributed by atoms with Crippen molar-refractivity contribution in [3.05, 3.63) is 35.9 Å². The van der Waals surface area contributed by atoms with Gasteiger partial charge in [-0.2, -0.15) is 0 Å². The van der Waals surface area contributed by atoms with Gasteiger partial charge in [0.15, 0.2) is 5.78 Å². The number of carbonyl (C=O) groups is 3. The lowest BCUT2D eigenvalue weighted by molar-refractivity contribution is -0.129. The van der Waals surface area contributed by atoms with Crippen molar-refractivity contribution in [1.82, 2.24) is 15.3 Å². The molecule has 0 saturated carbocycles. The first-order valence-electron chi connectivity index (χ1n) is 10.1. The average Bonchev–Trinajstić information content (AvgIpc) is 2.59. The van der Waals surface area contributed by atoms with Crippen molar-refractivity contribution < 1.29 is 23.9 Å². The number of nitrogens with one attached hydrogen (secondary N) is 1. The summed E-state index contributed by atoms with van der Waals surface area (Å²) in [6.45, 7) is 11.8. The molecule has 1 aliphatic rings. The molecule has 1 atom stereocenters. The second-order valence-corrected chi connectivity index (χ2v) is 9.42. The van der Waals surface area contributed by atoms with Gasteiger partial charge >= 0.3 is 12.2 Å².